The van der Waals surface area contributed by atoms with Gasteiger partial charge in [0.25, 0.3) is 0 Å². The van der Waals surface area contributed by atoms with Gasteiger partial charge in [-0.1, -0.05) is 136 Å². The van der Waals surface area contributed by atoms with Crippen molar-refractivity contribution >= 4 is 5.97 Å². The van der Waals surface area contributed by atoms with Crippen molar-refractivity contribution in [3.8, 4) is 11.8 Å². The van der Waals surface area contributed by atoms with Gasteiger partial charge in [-0.05, 0) is 49.7 Å². The summed E-state index contributed by atoms with van der Waals surface area (Å²) in [5.74, 6) is 6.08. The second-order valence-corrected chi connectivity index (χ2v) is 10.1. The van der Waals surface area contributed by atoms with Crippen LogP contribution in [0.5, 0.6) is 0 Å². The van der Waals surface area contributed by atoms with Gasteiger partial charge in [-0.15, -0.1) is 0 Å². The van der Waals surface area contributed by atoms with Crippen LogP contribution >= 0.6 is 0 Å². The highest BCUT2D eigenvalue weighted by molar-refractivity contribution is 5.69. The Labute approximate surface area is 238 Å². The van der Waals surface area contributed by atoms with Crippen LogP contribution in [0.25, 0.3) is 0 Å². The van der Waals surface area contributed by atoms with Gasteiger partial charge in [0, 0.05) is 19.5 Å². The normalized spacial score (nSPS) is 11.2. The van der Waals surface area contributed by atoms with Crippen molar-refractivity contribution in [1.82, 2.24) is 4.90 Å². The van der Waals surface area contributed by atoms with E-state index in [-0.39, 0.29) is 12.6 Å². The molecule has 0 amide bonds. The summed E-state index contributed by atoms with van der Waals surface area (Å²) in [6.07, 6.45) is 22.6. The summed E-state index contributed by atoms with van der Waals surface area (Å²) in [4.78, 5) is 14.3. The van der Waals surface area contributed by atoms with Crippen molar-refractivity contribution < 1.29 is 9.53 Å². The first-order valence-electron chi connectivity index (χ1n) is 15.0. The summed E-state index contributed by atoms with van der Waals surface area (Å²) in [6.45, 7) is 4.71. The lowest BCUT2D eigenvalue weighted by Crippen LogP contribution is -2.23. The van der Waals surface area contributed by atoms with E-state index in [4.69, 9.17) is 4.74 Å². The average molecular weight is 528 g/mol. The van der Waals surface area contributed by atoms with Crippen molar-refractivity contribution in [2.45, 2.75) is 97.1 Å². The number of ether oxygens (including phenoxy) is 1. The number of allylic oxidation sites excluding steroid dienone is 4. The fraction of sp³-hybridized carbons (Fsp3) is 0.472. The van der Waals surface area contributed by atoms with Gasteiger partial charge < -0.3 is 4.74 Å². The first-order chi connectivity index (χ1) is 19.3. The van der Waals surface area contributed by atoms with E-state index >= 15 is 0 Å². The molecule has 0 heterocycles. The molecule has 0 spiro atoms. The Hall–Kier alpha value is -3.09. The molecule has 2 aromatic carbocycles. The summed E-state index contributed by atoms with van der Waals surface area (Å²) in [6, 6.07) is 20.9. The van der Waals surface area contributed by atoms with Gasteiger partial charge in [-0.3, -0.25) is 9.69 Å². The minimum atomic E-state index is -0.139. The molecule has 210 valence electrons. The molecule has 2 aromatic rings. The summed E-state index contributed by atoms with van der Waals surface area (Å²) >= 11 is 0. The maximum Gasteiger partial charge on any atom is 0.306 e. The lowest BCUT2D eigenvalue weighted by atomic mass is 10.1. The quantitative estimate of drug-likeness (QED) is 0.0744. The monoisotopic (exact) mass is 527 g/mol. The number of carbonyl (C=O) groups excluding carboxylic acids is 1. The molecular formula is C36H49NO2. The van der Waals surface area contributed by atoms with Gasteiger partial charge in [0.15, 0.2) is 6.61 Å². The Morgan fingerprint density at radius 3 is 1.90 bits per heavy atom. The molecule has 3 nitrogen and oxygen atoms in total. The second-order valence-electron chi connectivity index (χ2n) is 10.1. The molecule has 0 saturated heterocycles. The number of carbonyl (C=O) groups is 1. The van der Waals surface area contributed by atoms with E-state index in [0.29, 0.717) is 13.0 Å². The number of benzene rings is 2. The number of rotatable bonds is 20. The van der Waals surface area contributed by atoms with Crippen LogP contribution in [0, 0.1) is 11.8 Å². The Morgan fingerprint density at radius 1 is 0.718 bits per heavy atom. The van der Waals surface area contributed by atoms with E-state index in [0.717, 1.165) is 38.8 Å². The maximum atomic E-state index is 12.0. The van der Waals surface area contributed by atoms with E-state index in [1.54, 1.807) is 0 Å². The minimum Gasteiger partial charge on any atom is -0.452 e. The predicted octanol–water partition coefficient (Wildman–Crippen LogP) is 9.05. The van der Waals surface area contributed by atoms with Crippen molar-refractivity contribution in [1.29, 1.82) is 0 Å². The molecular weight excluding hydrogens is 478 g/mol. The van der Waals surface area contributed by atoms with Gasteiger partial charge in [-0.25, -0.2) is 0 Å². The molecule has 2 rings (SSSR count). The summed E-state index contributed by atoms with van der Waals surface area (Å²) in [7, 11) is 0. The molecule has 39 heavy (non-hydrogen) atoms. The first-order valence-corrected chi connectivity index (χ1v) is 15.0. The predicted molar refractivity (Wildman–Crippen MR) is 165 cm³/mol. The molecule has 0 N–H and O–H groups in total. The third-order valence-corrected chi connectivity index (χ3v) is 6.56. The third kappa shape index (κ3) is 17.9. The maximum absolute atomic E-state index is 12.0. The van der Waals surface area contributed by atoms with Gasteiger partial charge in [-0.2, -0.15) is 0 Å². The molecule has 0 aliphatic heterocycles. The topological polar surface area (TPSA) is 29.5 Å². The largest absolute Gasteiger partial charge is 0.452 e. The second kappa shape index (κ2) is 22.9. The van der Waals surface area contributed by atoms with Crippen LogP contribution in [0.4, 0.5) is 0 Å². The molecule has 0 aliphatic carbocycles. The van der Waals surface area contributed by atoms with Gasteiger partial charge in [0.2, 0.25) is 0 Å². The van der Waals surface area contributed by atoms with Crippen LogP contribution in [0.15, 0.2) is 85.0 Å². The van der Waals surface area contributed by atoms with E-state index in [1.165, 1.54) is 56.1 Å². The molecule has 0 unspecified atom stereocenters. The third-order valence-electron chi connectivity index (χ3n) is 6.56. The lowest BCUT2D eigenvalue weighted by molar-refractivity contribution is -0.142. The van der Waals surface area contributed by atoms with Crippen molar-refractivity contribution in [3.63, 3.8) is 0 Å². The van der Waals surface area contributed by atoms with Crippen molar-refractivity contribution in [3.05, 3.63) is 96.1 Å². The van der Waals surface area contributed by atoms with Crippen LogP contribution in [-0.4, -0.2) is 24.0 Å². The number of esters is 1. The number of hydrogen-bond donors (Lipinski definition) is 0. The minimum absolute atomic E-state index is 0.139. The zero-order valence-corrected chi connectivity index (χ0v) is 24.2. The van der Waals surface area contributed by atoms with Crippen LogP contribution in [0.3, 0.4) is 0 Å². The zero-order chi connectivity index (χ0) is 27.6. The summed E-state index contributed by atoms with van der Waals surface area (Å²) in [5.41, 5.74) is 2.53. The Morgan fingerprint density at radius 2 is 1.28 bits per heavy atom. The van der Waals surface area contributed by atoms with Crippen molar-refractivity contribution in [2.24, 2.45) is 0 Å². The molecule has 0 bridgehead atoms. The molecule has 0 aromatic heterocycles. The highest BCUT2D eigenvalue weighted by Crippen LogP contribution is 2.10. The molecule has 0 fully saturated rings. The van der Waals surface area contributed by atoms with E-state index in [2.05, 4.69) is 96.5 Å². The van der Waals surface area contributed by atoms with E-state index in [9.17, 15) is 4.79 Å². The Balaban J connectivity index is 1.51. The van der Waals surface area contributed by atoms with Crippen molar-refractivity contribution in [2.75, 3.05) is 13.2 Å². The molecule has 3 heteroatoms. The molecule has 0 radical (unpaired) electrons. The molecule has 0 saturated carbocycles. The van der Waals surface area contributed by atoms with E-state index < -0.39 is 0 Å². The average Bonchev–Trinajstić information content (AvgIpc) is 2.96. The first kappa shape index (κ1) is 32.1. The highest BCUT2D eigenvalue weighted by Gasteiger charge is 2.06. The van der Waals surface area contributed by atoms with Gasteiger partial charge in [0.05, 0.1) is 6.54 Å². The summed E-state index contributed by atoms with van der Waals surface area (Å²) in [5, 5.41) is 0. The van der Waals surface area contributed by atoms with Crippen LogP contribution in [0.2, 0.25) is 0 Å². The van der Waals surface area contributed by atoms with Gasteiger partial charge in [0.1, 0.15) is 0 Å². The van der Waals surface area contributed by atoms with E-state index in [1.807, 2.05) is 12.1 Å². The van der Waals surface area contributed by atoms with Crippen LogP contribution in [-0.2, 0) is 22.6 Å². The Bertz CT molecular complexity index is 943. The van der Waals surface area contributed by atoms with Gasteiger partial charge >= 0.3 is 5.97 Å². The standard InChI is InChI=1S/C36H49NO2/c1-2-3-4-5-6-7-8-9-10-11-12-13-14-15-22-29-36(38)39-31-24-23-30-37(32-34-25-18-16-19-26-34)33-35-27-20-17-21-28-35/h6-7,9-10,16-21,25-28H,2-5,8,11-15,22,29-33H2,1H3/b7-6-,10-9-. The molecule has 0 aliphatic rings. The van der Waals surface area contributed by atoms with Crippen LogP contribution in [0.1, 0.15) is 95.1 Å². The number of hydrogen-bond acceptors (Lipinski definition) is 3. The van der Waals surface area contributed by atoms with Crippen LogP contribution < -0.4 is 0 Å². The highest BCUT2D eigenvalue weighted by atomic mass is 16.5. The molecule has 0 atom stereocenters. The SMILES string of the molecule is CCCCC/C=C\C/C=C\CCCCCCCC(=O)OCC#CCN(Cc1ccccc1)Cc1ccccc1. The lowest BCUT2D eigenvalue weighted by Gasteiger charge is -2.20. The fourth-order valence-corrected chi connectivity index (χ4v) is 4.34. The number of nitrogens with zero attached hydrogens (tertiary/aromatic N) is 1. The Kier molecular flexibility index (Phi) is 18.8. The smallest absolute Gasteiger partial charge is 0.306 e. The summed E-state index contributed by atoms with van der Waals surface area (Å²) < 4.78 is 5.33. The number of unbranched alkanes of at least 4 members (excludes halogenated alkanes) is 8. The fourth-order valence-electron chi connectivity index (χ4n) is 4.34. The zero-order valence-electron chi connectivity index (χ0n) is 24.2.